The molecular formula is C25H49NO4. The second kappa shape index (κ2) is 22.4. The van der Waals surface area contributed by atoms with Gasteiger partial charge in [-0.15, -0.1) is 0 Å². The smallest absolute Gasteiger partial charge is 0.407 e. The van der Waals surface area contributed by atoms with Crippen molar-refractivity contribution in [2.45, 2.75) is 136 Å². The average molecular weight is 428 g/mol. The fraction of sp³-hybridized carbons (Fsp3) is 0.920. The standard InChI is InChI=1S/C25H49NO4/c1-4-6-7-8-9-10-11-12-13-14-15-16-17-18-19-21-29-24(27)22-23(3)26-25(28)30-20-5-2/h23H,4-22H2,1-3H3,(H,26,28). The van der Waals surface area contributed by atoms with Crippen LogP contribution in [0.15, 0.2) is 0 Å². The molecule has 0 bridgehead atoms. The van der Waals surface area contributed by atoms with Crippen molar-refractivity contribution >= 4 is 12.1 Å². The highest BCUT2D eigenvalue weighted by atomic mass is 16.5. The van der Waals surface area contributed by atoms with Gasteiger partial charge in [-0.3, -0.25) is 4.79 Å². The molecule has 5 heteroatoms. The zero-order chi connectivity index (χ0) is 22.3. The molecule has 5 nitrogen and oxygen atoms in total. The Morgan fingerprint density at radius 2 is 1.10 bits per heavy atom. The molecule has 0 aromatic rings. The maximum absolute atomic E-state index is 11.8. The average Bonchev–Trinajstić information content (AvgIpc) is 2.71. The lowest BCUT2D eigenvalue weighted by atomic mass is 10.0. The van der Waals surface area contributed by atoms with Crippen molar-refractivity contribution in [3.8, 4) is 0 Å². The number of ether oxygens (including phenoxy) is 2. The molecule has 0 aliphatic rings. The van der Waals surface area contributed by atoms with E-state index in [1.54, 1.807) is 6.92 Å². The van der Waals surface area contributed by atoms with E-state index < -0.39 is 6.09 Å². The number of alkyl carbamates (subject to hydrolysis) is 1. The fourth-order valence-electron chi connectivity index (χ4n) is 3.46. The van der Waals surface area contributed by atoms with Gasteiger partial charge in [0.1, 0.15) is 0 Å². The van der Waals surface area contributed by atoms with Crippen LogP contribution in [-0.4, -0.2) is 31.3 Å². The van der Waals surface area contributed by atoms with Crippen LogP contribution in [0.25, 0.3) is 0 Å². The number of esters is 1. The van der Waals surface area contributed by atoms with Gasteiger partial charge < -0.3 is 14.8 Å². The summed E-state index contributed by atoms with van der Waals surface area (Å²) in [6.45, 7) is 6.85. The van der Waals surface area contributed by atoms with E-state index in [1.807, 2.05) is 6.92 Å². The lowest BCUT2D eigenvalue weighted by Gasteiger charge is -2.13. The summed E-state index contributed by atoms with van der Waals surface area (Å²) < 4.78 is 10.2. The minimum atomic E-state index is -0.473. The summed E-state index contributed by atoms with van der Waals surface area (Å²) in [4.78, 5) is 23.2. The third kappa shape index (κ3) is 21.4. The third-order valence-electron chi connectivity index (χ3n) is 5.29. The molecule has 1 atom stereocenters. The second-order valence-electron chi connectivity index (χ2n) is 8.56. The van der Waals surface area contributed by atoms with Gasteiger partial charge in [0.2, 0.25) is 0 Å². The summed E-state index contributed by atoms with van der Waals surface area (Å²) in [6, 6.07) is -0.275. The zero-order valence-corrected chi connectivity index (χ0v) is 20.1. The van der Waals surface area contributed by atoms with Crippen LogP contribution in [0.1, 0.15) is 130 Å². The number of amides is 1. The van der Waals surface area contributed by atoms with E-state index in [4.69, 9.17) is 9.47 Å². The van der Waals surface area contributed by atoms with Crippen molar-refractivity contribution in [1.29, 1.82) is 0 Å². The van der Waals surface area contributed by atoms with Crippen LogP contribution >= 0.6 is 0 Å². The highest BCUT2D eigenvalue weighted by Gasteiger charge is 2.13. The minimum absolute atomic E-state index is 0.181. The molecule has 0 aliphatic heterocycles. The first-order chi connectivity index (χ1) is 14.6. The van der Waals surface area contributed by atoms with Crippen LogP contribution in [0.3, 0.4) is 0 Å². The minimum Gasteiger partial charge on any atom is -0.466 e. The van der Waals surface area contributed by atoms with Gasteiger partial charge in [0.25, 0.3) is 0 Å². The number of hydrogen-bond donors (Lipinski definition) is 1. The molecule has 0 fully saturated rings. The van der Waals surface area contributed by atoms with Crippen molar-refractivity contribution in [3.63, 3.8) is 0 Å². The monoisotopic (exact) mass is 427 g/mol. The summed E-state index contributed by atoms with van der Waals surface area (Å²) in [5.41, 5.74) is 0. The maximum atomic E-state index is 11.8. The van der Waals surface area contributed by atoms with E-state index in [-0.39, 0.29) is 18.4 Å². The Morgan fingerprint density at radius 1 is 0.633 bits per heavy atom. The molecule has 0 saturated carbocycles. The molecule has 0 saturated heterocycles. The lowest BCUT2D eigenvalue weighted by Crippen LogP contribution is -2.35. The topological polar surface area (TPSA) is 64.6 Å². The van der Waals surface area contributed by atoms with E-state index >= 15 is 0 Å². The van der Waals surface area contributed by atoms with Gasteiger partial charge in [-0.25, -0.2) is 4.79 Å². The Labute approximate surface area is 186 Å². The van der Waals surface area contributed by atoms with Crippen LogP contribution in [0.4, 0.5) is 4.79 Å². The van der Waals surface area contributed by atoms with Crippen molar-refractivity contribution in [1.82, 2.24) is 5.32 Å². The number of hydrogen-bond acceptors (Lipinski definition) is 4. The van der Waals surface area contributed by atoms with Crippen LogP contribution in [0, 0.1) is 0 Å². The molecule has 0 spiro atoms. The van der Waals surface area contributed by atoms with Gasteiger partial charge in [-0.05, 0) is 19.8 Å². The lowest BCUT2D eigenvalue weighted by molar-refractivity contribution is -0.144. The number of unbranched alkanes of at least 4 members (excludes halogenated alkanes) is 14. The largest absolute Gasteiger partial charge is 0.466 e. The number of rotatable bonds is 21. The van der Waals surface area contributed by atoms with E-state index in [9.17, 15) is 9.59 Å². The first-order valence-electron chi connectivity index (χ1n) is 12.7. The Kier molecular flexibility index (Phi) is 21.5. The van der Waals surface area contributed by atoms with Gasteiger partial charge in [0, 0.05) is 6.04 Å². The van der Waals surface area contributed by atoms with Crippen LogP contribution in [0.2, 0.25) is 0 Å². The Bertz CT molecular complexity index is 401. The number of carbonyl (C=O) groups is 2. The van der Waals surface area contributed by atoms with Gasteiger partial charge in [-0.1, -0.05) is 104 Å². The maximum Gasteiger partial charge on any atom is 0.407 e. The quantitative estimate of drug-likeness (QED) is 0.154. The molecule has 0 heterocycles. The summed E-state index contributed by atoms with van der Waals surface area (Å²) in [5, 5.41) is 2.64. The molecular weight excluding hydrogens is 378 g/mol. The first-order valence-corrected chi connectivity index (χ1v) is 12.7. The molecule has 0 rings (SSSR count). The van der Waals surface area contributed by atoms with Crippen molar-refractivity contribution < 1.29 is 19.1 Å². The summed E-state index contributed by atoms with van der Waals surface area (Å²) in [7, 11) is 0. The van der Waals surface area contributed by atoms with Gasteiger partial charge in [0.05, 0.1) is 19.6 Å². The molecule has 1 amide bonds. The normalized spacial score (nSPS) is 11.8. The fourth-order valence-corrected chi connectivity index (χ4v) is 3.46. The van der Waals surface area contributed by atoms with Crippen molar-refractivity contribution in [3.05, 3.63) is 0 Å². The molecule has 0 aromatic heterocycles. The molecule has 178 valence electrons. The number of nitrogens with one attached hydrogen (secondary N) is 1. The van der Waals surface area contributed by atoms with Crippen molar-refractivity contribution in [2.24, 2.45) is 0 Å². The highest BCUT2D eigenvalue weighted by Crippen LogP contribution is 2.13. The van der Waals surface area contributed by atoms with Crippen LogP contribution in [-0.2, 0) is 14.3 Å². The molecule has 1 unspecified atom stereocenters. The van der Waals surface area contributed by atoms with Crippen LogP contribution in [0.5, 0.6) is 0 Å². The molecule has 0 radical (unpaired) electrons. The van der Waals surface area contributed by atoms with Gasteiger partial charge in [-0.2, -0.15) is 0 Å². The summed E-state index contributed by atoms with van der Waals surface area (Å²) >= 11 is 0. The van der Waals surface area contributed by atoms with E-state index in [2.05, 4.69) is 12.2 Å². The van der Waals surface area contributed by atoms with E-state index in [1.165, 1.54) is 83.5 Å². The van der Waals surface area contributed by atoms with E-state index in [0.717, 1.165) is 19.3 Å². The van der Waals surface area contributed by atoms with Gasteiger partial charge in [0.15, 0.2) is 0 Å². The van der Waals surface area contributed by atoms with Crippen LogP contribution < -0.4 is 5.32 Å². The molecule has 0 aliphatic carbocycles. The highest BCUT2D eigenvalue weighted by molar-refractivity contribution is 5.72. The first kappa shape index (κ1) is 28.7. The van der Waals surface area contributed by atoms with Gasteiger partial charge >= 0.3 is 12.1 Å². The summed E-state index contributed by atoms with van der Waals surface area (Å²) in [5.74, 6) is -0.261. The zero-order valence-electron chi connectivity index (χ0n) is 20.1. The Morgan fingerprint density at radius 3 is 1.57 bits per heavy atom. The SMILES string of the molecule is CCCCCCCCCCCCCCCCCOC(=O)CC(C)NC(=O)OCCC. The van der Waals surface area contributed by atoms with Crippen molar-refractivity contribution in [2.75, 3.05) is 13.2 Å². The Hall–Kier alpha value is -1.26. The predicted octanol–water partition coefficient (Wildman–Crippen LogP) is 7.32. The third-order valence-corrected chi connectivity index (χ3v) is 5.29. The second-order valence-corrected chi connectivity index (χ2v) is 8.56. The Balaban J connectivity index is 3.31. The molecule has 30 heavy (non-hydrogen) atoms. The summed E-state index contributed by atoms with van der Waals surface area (Å²) in [6.07, 6.45) is 20.3. The van der Waals surface area contributed by atoms with E-state index in [0.29, 0.717) is 13.2 Å². The predicted molar refractivity (Wildman–Crippen MR) is 125 cm³/mol. The molecule has 1 N–H and O–H groups in total. The molecule has 0 aromatic carbocycles. The number of carbonyl (C=O) groups excluding carboxylic acids is 2.